The first-order chi connectivity index (χ1) is 13.6. The van der Waals surface area contributed by atoms with E-state index in [0.717, 1.165) is 31.4 Å². The van der Waals surface area contributed by atoms with Gasteiger partial charge in [0.1, 0.15) is 11.6 Å². The van der Waals surface area contributed by atoms with E-state index < -0.39 is 0 Å². The number of aryl methyl sites for hydroxylation is 1. The number of benzene rings is 2. The van der Waals surface area contributed by atoms with Crippen molar-refractivity contribution in [2.24, 2.45) is 7.05 Å². The van der Waals surface area contributed by atoms with E-state index in [1.54, 1.807) is 48.1 Å². The fraction of sp³-hybridized carbons (Fsp3) is 0.300. The Morgan fingerprint density at radius 1 is 1.10 bits per heavy atom. The molecule has 0 unspecified atom stereocenters. The summed E-state index contributed by atoms with van der Waals surface area (Å²) in [6.45, 7) is 1.73. The maximum Gasteiger partial charge on any atom is 0.338 e. The van der Waals surface area contributed by atoms with Gasteiger partial charge in [0, 0.05) is 18.3 Å². The van der Waals surface area contributed by atoms with Crippen LogP contribution in [0.25, 0.3) is 11.0 Å². The van der Waals surface area contributed by atoms with Crippen LogP contribution in [-0.2, 0) is 11.8 Å². The first-order valence-electron chi connectivity index (χ1n) is 9.23. The molecule has 3 aromatic rings. The number of hydrogen-bond acceptors (Lipinski definition) is 6. The van der Waals surface area contributed by atoms with Crippen molar-refractivity contribution >= 4 is 41.0 Å². The molecule has 1 aliphatic heterocycles. The first-order valence-corrected chi connectivity index (χ1v) is 9.23. The molecule has 29 heavy (non-hydrogen) atoms. The summed E-state index contributed by atoms with van der Waals surface area (Å²) < 4.78 is 7.18. The van der Waals surface area contributed by atoms with Crippen molar-refractivity contribution < 1.29 is 14.3 Å². The lowest BCUT2D eigenvalue weighted by molar-refractivity contribution is 0.0229. The number of ether oxygens (including phenoxy) is 1. The number of piperidine rings is 1. The van der Waals surface area contributed by atoms with Crippen LogP contribution in [0.15, 0.2) is 42.5 Å². The number of anilines is 1. The Labute approximate surface area is 174 Å². The number of carbonyl (C=O) groups is 2. The van der Waals surface area contributed by atoms with Crippen molar-refractivity contribution in [3.05, 3.63) is 53.6 Å². The SMILES string of the molecule is Cl.Cn1nnc2cc(C(=O)Nc3ccc(C(=O)OC4CCNCC4)cc3)ccc21. The fourth-order valence-electron chi connectivity index (χ4n) is 3.21. The molecule has 8 nitrogen and oxygen atoms in total. The first kappa shape index (κ1) is 20.8. The van der Waals surface area contributed by atoms with Crippen molar-refractivity contribution in [1.29, 1.82) is 0 Å². The van der Waals surface area contributed by atoms with Gasteiger partial charge in [-0.05, 0) is 68.4 Å². The second-order valence-corrected chi connectivity index (χ2v) is 6.80. The van der Waals surface area contributed by atoms with Crippen molar-refractivity contribution in [2.45, 2.75) is 18.9 Å². The van der Waals surface area contributed by atoms with Crippen molar-refractivity contribution in [2.75, 3.05) is 18.4 Å². The van der Waals surface area contributed by atoms with Gasteiger partial charge in [-0.1, -0.05) is 5.21 Å². The number of halogens is 1. The highest BCUT2D eigenvalue weighted by Crippen LogP contribution is 2.17. The van der Waals surface area contributed by atoms with Gasteiger partial charge >= 0.3 is 5.97 Å². The minimum absolute atomic E-state index is 0. The lowest BCUT2D eigenvalue weighted by Gasteiger charge is -2.22. The molecule has 2 aromatic carbocycles. The third kappa shape index (κ3) is 4.72. The van der Waals surface area contributed by atoms with E-state index in [1.807, 2.05) is 6.07 Å². The summed E-state index contributed by atoms with van der Waals surface area (Å²) in [6.07, 6.45) is 1.62. The predicted molar refractivity (Wildman–Crippen MR) is 111 cm³/mol. The summed E-state index contributed by atoms with van der Waals surface area (Å²) in [5.74, 6) is -0.588. The number of carbonyl (C=O) groups excluding carboxylic acids is 2. The molecule has 0 atom stereocenters. The van der Waals surface area contributed by atoms with E-state index in [-0.39, 0.29) is 30.4 Å². The van der Waals surface area contributed by atoms with Crippen LogP contribution >= 0.6 is 12.4 Å². The average molecular weight is 416 g/mol. The van der Waals surface area contributed by atoms with Crippen LogP contribution in [0.3, 0.4) is 0 Å². The summed E-state index contributed by atoms with van der Waals surface area (Å²) in [5.41, 5.74) is 3.07. The minimum atomic E-state index is -0.335. The van der Waals surface area contributed by atoms with E-state index >= 15 is 0 Å². The van der Waals surface area contributed by atoms with Gasteiger partial charge in [-0.3, -0.25) is 4.79 Å². The Morgan fingerprint density at radius 3 is 2.52 bits per heavy atom. The molecule has 0 bridgehead atoms. The van der Waals surface area contributed by atoms with Crippen LogP contribution < -0.4 is 10.6 Å². The van der Waals surface area contributed by atoms with Gasteiger partial charge in [0.2, 0.25) is 0 Å². The number of rotatable bonds is 4. The highest BCUT2D eigenvalue weighted by Gasteiger charge is 2.18. The molecule has 1 aliphatic rings. The van der Waals surface area contributed by atoms with Crippen LogP contribution in [0.1, 0.15) is 33.6 Å². The summed E-state index contributed by atoms with van der Waals surface area (Å²) in [7, 11) is 1.80. The molecule has 9 heteroatoms. The Morgan fingerprint density at radius 2 is 1.79 bits per heavy atom. The van der Waals surface area contributed by atoms with E-state index in [2.05, 4.69) is 20.9 Å². The molecule has 0 spiro atoms. The highest BCUT2D eigenvalue weighted by molar-refractivity contribution is 6.06. The molecular weight excluding hydrogens is 394 g/mol. The van der Waals surface area contributed by atoms with Gasteiger partial charge in [0.15, 0.2) is 0 Å². The van der Waals surface area contributed by atoms with E-state index in [9.17, 15) is 9.59 Å². The maximum atomic E-state index is 12.5. The van der Waals surface area contributed by atoms with Crippen LogP contribution in [0.4, 0.5) is 5.69 Å². The fourth-order valence-corrected chi connectivity index (χ4v) is 3.21. The molecule has 1 saturated heterocycles. The zero-order valence-electron chi connectivity index (χ0n) is 15.9. The molecule has 152 valence electrons. The summed E-state index contributed by atoms with van der Waals surface area (Å²) in [6, 6.07) is 11.9. The van der Waals surface area contributed by atoms with Gasteiger partial charge in [-0.25, -0.2) is 9.48 Å². The number of esters is 1. The van der Waals surface area contributed by atoms with Crippen molar-refractivity contribution in [1.82, 2.24) is 20.3 Å². The number of nitrogens with one attached hydrogen (secondary N) is 2. The molecule has 0 radical (unpaired) electrons. The molecule has 1 fully saturated rings. The zero-order chi connectivity index (χ0) is 19.5. The number of amides is 1. The van der Waals surface area contributed by atoms with E-state index in [1.165, 1.54) is 0 Å². The van der Waals surface area contributed by atoms with Crippen LogP contribution in [0.5, 0.6) is 0 Å². The third-order valence-electron chi connectivity index (χ3n) is 4.81. The monoisotopic (exact) mass is 415 g/mol. The molecule has 2 heterocycles. The lowest BCUT2D eigenvalue weighted by Crippen LogP contribution is -2.33. The Balaban J connectivity index is 0.00000240. The zero-order valence-corrected chi connectivity index (χ0v) is 16.7. The van der Waals surface area contributed by atoms with Gasteiger partial charge in [-0.15, -0.1) is 17.5 Å². The number of hydrogen-bond donors (Lipinski definition) is 2. The summed E-state index contributed by atoms with van der Waals surface area (Å²) in [5, 5.41) is 14.0. The Bertz CT molecular complexity index is 1010. The quantitative estimate of drug-likeness (QED) is 0.635. The number of nitrogens with zero attached hydrogens (tertiary/aromatic N) is 3. The predicted octanol–water partition coefficient (Wildman–Crippen LogP) is 2.55. The topological polar surface area (TPSA) is 98.1 Å². The number of fused-ring (bicyclic) bond motifs is 1. The molecule has 4 rings (SSSR count). The Hall–Kier alpha value is -2.97. The smallest absolute Gasteiger partial charge is 0.338 e. The van der Waals surface area contributed by atoms with E-state index in [0.29, 0.717) is 22.3 Å². The van der Waals surface area contributed by atoms with Gasteiger partial charge < -0.3 is 15.4 Å². The highest BCUT2D eigenvalue weighted by atomic mass is 35.5. The lowest BCUT2D eigenvalue weighted by atomic mass is 10.1. The average Bonchev–Trinajstić information content (AvgIpc) is 3.09. The molecule has 0 aliphatic carbocycles. The molecule has 2 N–H and O–H groups in total. The second kappa shape index (κ2) is 9.02. The van der Waals surface area contributed by atoms with Crippen LogP contribution in [0, 0.1) is 0 Å². The molecule has 0 saturated carbocycles. The molecule has 1 aromatic heterocycles. The van der Waals surface area contributed by atoms with Crippen molar-refractivity contribution in [3.8, 4) is 0 Å². The number of aromatic nitrogens is 3. The standard InChI is InChI=1S/C20H21N5O3.ClH/c1-25-18-7-4-14(12-17(18)23-24-25)19(26)22-15-5-2-13(3-6-15)20(27)28-16-8-10-21-11-9-16;/h2-7,12,16,21H,8-11H2,1H3,(H,22,26);1H. The largest absolute Gasteiger partial charge is 0.459 e. The van der Waals surface area contributed by atoms with Gasteiger partial charge in [0.25, 0.3) is 5.91 Å². The molecule has 1 amide bonds. The molecular formula is C20H22ClN5O3. The maximum absolute atomic E-state index is 12.5. The van der Waals surface area contributed by atoms with Crippen LogP contribution in [-0.4, -0.2) is 46.1 Å². The Kier molecular flexibility index (Phi) is 6.46. The van der Waals surface area contributed by atoms with Gasteiger partial charge in [0.05, 0.1) is 11.1 Å². The van der Waals surface area contributed by atoms with Crippen molar-refractivity contribution in [3.63, 3.8) is 0 Å². The van der Waals surface area contributed by atoms with Crippen LogP contribution in [0.2, 0.25) is 0 Å². The normalized spacial score (nSPS) is 14.2. The third-order valence-corrected chi connectivity index (χ3v) is 4.81. The summed E-state index contributed by atoms with van der Waals surface area (Å²) in [4.78, 5) is 24.7. The van der Waals surface area contributed by atoms with E-state index in [4.69, 9.17) is 4.74 Å². The second-order valence-electron chi connectivity index (χ2n) is 6.80. The van der Waals surface area contributed by atoms with Gasteiger partial charge in [-0.2, -0.15) is 0 Å². The minimum Gasteiger partial charge on any atom is -0.459 e. The summed E-state index contributed by atoms with van der Waals surface area (Å²) >= 11 is 0.